The number of nitrogens with two attached hydrogens (primary N) is 2. The van der Waals surface area contributed by atoms with Gasteiger partial charge in [-0.05, 0) is 111 Å². The molecule has 1 amide bonds. The monoisotopic (exact) mass is 646 g/mol. The molecule has 0 aliphatic heterocycles. The number of rotatable bonds is 3. The van der Waals surface area contributed by atoms with Gasteiger partial charge in [0, 0.05) is 39.2 Å². The fourth-order valence-electron chi connectivity index (χ4n) is 5.80. The Morgan fingerprint density at radius 1 is 0.800 bits per heavy atom. The van der Waals surface area contributed by atoms with Crippen LogP contribution in [0.4, 0.5) is 0 Å². The number of hydrogen-bond acceptors (Lipinski definition) is 5. The first-order chi connectivity index (χ1) is 21.3. The minimum atomic E-state index is -1.25. The van der Waals surface area contributed by atoms with Crippen molar-refractivity contribution in [3.8, 4) is 23.7 Å². The van der Waals surface area contributed by atoms with Gasteiger partial charge in [-0.1, -0.05) is 59.0 Å². The van der Waals surface area contributed by atoms with Gasteiger partial charge in [-0.2, -0.15) is 0 Å². The predicted octanol–water partition coefficient (Wildman–Crippen LogP) is 5.90. The Balaban J connectivity index is 0.000000231. The first-order valence-corrected chi connectivity index (χ1v) is 15.6. The zero-order chi connectivity index (χ0) is 32.6. The van der Waals surface area contributed by atoms with Gasteiger partial charge in [0.25, 0.3) is 0 Å². The zero-order valence-corrected chi connectivity index (χ0v) is 26.2. The first-order valence-electron chi connectivity index (χ1n) is 14.8. The number of carbonyl (C=O) groups excluding carboxylic acids is 1. The molecule has 7 nitrogen and oxygen atoms in total. The number of carbonyl (C=O) groups is 2. The molecule has 0 spiro atoms. The third-order valence-electron chi connectivity index (χ3n) is 8.03. The summed E-state index contributed by atoms with van der Waals surface area (Å²) in [5.74, 6) is 9.87. The fourth-order valence-corrected chi connectivity index (χ4v) is 6.18. The van der Waals surface area contributed by atoms with Gasteiger partial charge < -0.3 is 26.8 Å². The molecule has 0 unspecified atom stereocenters. The van der Waals surface area contributed by atoms with E-state index >= 15 is 0 Å². The lowest BCUT2D eigenvalue weighted by atomic mass is 9.74. The number of benzene rings is 3. The normalized spacial score (nSPS) is 24.0. The maximum Gasteiger partial charge on any atom is 0.335 e. The van der Waals surface area contributed by atoms with Gasteiger partial charge in [-0.15, -0.1) is 0 Å². The van der Waals surface area contributed by atoms with Crippen LogP contribution in [-0.4, -0.2) is 44.4 Å². The van der Waals surface area contributed by atoms with E-state index in [1.54, 1.807) is 36.4 Å². The number of aliphatic hydroxyl groups is 2. The van der Waals surface area contributed by atoms with Crippen molar-refractivity contribution in [1.82, 2.24) is 0 Å². The summed E-state index contributed by atoms with van der Waals surface area (Å²) in [6, 6.07) is 18.8. The highest BCUT2D eigenvalue weighted by Gasteiger charge is 2.35. The Labute approximate surface area is 273 Å². The lowest BCUT2D eigenvalue weighted by Crippen LogP contribution is -2.40. The quantitative estimate of drug-likeness (QED) is 0.224. The highest BCUT2D eigenvalue weighted by atomic mass is 35.5. The second-order valence-electron chi connectivity index (χ2n) is 11.7. The molecule has 0 radical (unpaired) electrons. The molecule has 45 heavy (non-hydrogen) atoms. The van der Waals surface area contributed by atoms with Gasteiger partial charge in [-0.3, -0.25) is 4.79 Å². The molecule has 0 heterocycles. The van der Waals surface area contributed by atoms with E-state index in [0.717, 1.165) is 18.4 Å². The van der Waals surface area contributed by atoms with Crippen molar-refractivity contribution in [3.05, 3.63) is 105 Å². The minimum Gasteiger partial charge on any atom is -0.478 e. The lowest BCUT2D eigenvalue weighted by molar-refractivity contribution is 0.0510. The minimum absolute atomic E-state index is 0.0578. The zero-order valence-electron chi connectivity index (χ0n) is 24.7. The molecule has 4 atom stereocenters. The van der Waals surface area contributed by atoms with Gasteiger partial charge in [0.2, 0.25) is 5.91 Å². The van der Waals surface area contributed by atoms with Crippen molar-refractivity contribution < 1.29 is 24.9 Å². The molecule has 9 heteroatoms. The number of amides is 1. The van der Waals surface area contributed by atoms with Crippen LogP contribution in [0.3, 0.4) is 0 Å². The summed E-state index contributed by atoms with van der Waals surface area (Å²) in [6.07, 6.45) is 5.32. The molecule has 234 valence electrons. The standard InChI is InChI=1S/C22H20ClNO4.C14H16ClNO/c23-17-5-1-3-14(11-17)8-10-22(28)9-2-4-16(13-22)19-12-15(20(24)25)6-7-18(19)21(26)27;15-12-4-1-3-11(9-12)6-8-14(17)7-2-5-13(16)10-14/h1,3,5-7,11-12,16,28H,2,4,9,13H2,(H2,24,25)(H,26,27);1,3-4,9,13,17H,2,5,7,10,16H2/t16-,22+;13-,14+/m00/s1. The van der Waals surface area contributed by atoms with Crippen molar-refractivity contribution in [2.75, 3.05) is 0 Å². The average molecular weight is 648 g/mol. The molecule has 0 saturated heterocycles. The van der Waals surface area contributed by atoms with Crippen LogP contribution in [0.1, 0.15) is 94.7 Å². The van der Waals surface area contributed by atoms with Crippen LogP contribution in [0.5, 0.6) is 0 Å². The molecule has 0 aromatic heterocycles. The number of carboxylic acid groups (broad SMARTS) is 1. The fraction of sp³-hybridized carbons (Fsp3) is 0.333. The number of carboxylic acids is 1. The highest BCUT2D eigenvalue weighted by Crippen LogP contribution is 2.40. The van der Waals surface area contributed by atoms with E-state index in [4.69, 9.17) is 34.7 Å². The Morgan fingerprint density at radius 3 is 1.87 bits per heavy atom. The Hall–Kier alpha value is -3.82. The summed E-state index contributed by atoms with van der Waals surface area (Å²) < 4.78 is 0. The van der Waals surface area contributed by atoms with E-state index in [9.17, 15) is 24.9 Å². The second-order valence-corrected chi connectivity index (χ2v) is 12.6. The van der Waals surface area contributed by atoms with Crippen LogP contribution in [0.15, 0.2) is 66.7 Å². The number of hydrogen-bond donors (Lipinski definition) is 5. The molecule has 3 aromatic carbocycles. The van der Waals surface area contributed by atoms with Crippen LogP contribution in [0, 0.1) is 23.7 Å². The molecular formula is C36H36Cl2N2O5. The van der Waals surface area contributed by atoms with Crippen LogP contribution >= 0.6 is 23.2 Å². The molecule has 5 rings (SSSR count). The maximum absolute atomic E-state index is 11.6. The molecule has 2 fully saturated rings. The highest BCUT2D eigenvalue weighted by molar-refractivity contribution is 6.31. The third kappa shape index (κ3) is 9.83. The molecule has 2 aliphatic rings. The Kier molecular flexibility index (Phi) is 11.3. The summed E-state index contributed by atoms with van der Waals surface area (Å²) in [4.78, 5) is 23.2. The van der Waals surface area contributed by atoms with Crippen LogP contribution in [-0.2, 0) is 0 Å². The summed E-state index contributed by atoms with van der Waals surface area (Å²) in [5.41, 5.74) is 11.4. The second kappa shape index (κ2) is 15.0. The molecule has 3 aromatic rings. The number of aromatic carboxylic acids is 1. The molecule has 7 N–H and O–H groups in total. The number of primary amides is 1. The molecule has 0 bridgehead atoms. The van der Waals surface area contributed by atoms with Crippen LogP contribution < -0.4 is 11.5 Å². The van der Waals surface area contributed by atoms with Crippen LogP contribution in [0.25, 0.3) is 0 Å². The Bertz CT molecular complexity index is 1690. The van der Waals surface area contributed by atoms with E-state index in [0.29, 0.717) is 53.3 Å². The van der Waals surface area contributed by atoms with Gasteiger partial charge in [0.1, 0.15) is 11.2 Å². The van der Waals surface area contributed by atoms with Crippen molar-refractivity contribution in [2.45, 2.75) is 74.5 Å². The maximum atomic E-state index is 11.6. The summed E-state index contributed by atoms with van der Waals surface area (Å²) in [5, 5.41) is 32.0. The van der Waals surface area contributed by atoms with E-state index in [1.807, 2.05) is 12.1 Å². The van der Waals surface area contributed by atoms with Crippen molar-refractivity contribution in [2.24, 2.45) is 11.5 Å². The largest absolute Gasteiger partial charge is 0.478 e. The molecule has 2 aliphatic carbocycles. The molecular weight excluding hydrogens is 611 g/mol. The van der Waals surface area contributed by atoms with Gasteiger partial charge in [0.15, 0.2) is 0 Å². The smallest absolute Gasteiger partial charge is 0.335 e. The average Bonchev–Trinajstić information content (AvgIpc) is 2.99. The summed E-state index contributed by atoms with van der Waals surface area (Å²) in [7, 11) is 0. The predicted molar refractivity (Wildman–Crippen MR) is 176 cm³/mol. The van der Waals surface area contributed by atoms with Gasteiger partial charge >= 0.3 is 5.97 Å². The van der Waals surface area contributed by atoms with E-state index < -0.39 is 23.1 Å². The summed E-state index contributed by atoms with van der Waals surface area (Å²) in [6.45, 7) is 0. The van der Waals surface area contributed by atoms with Gasteiger partial charge in [-0.25, -0.2) is 4.79 Å². The van der Waals surface area contributed by atoms with E-state index in [2.05, 4.69) is 23.7 Å². The Morgan fingerprint density at radius 2 is 1.36 bits per heavy atom. The van der Waals surface area contributed by atoms with E-state index in [-0.39, 0.29) is 29.5 Å². The van der Waals surface area contributed by atoms with Crippen molar-refractivity contribution in [3.63, 3.8) is 0 Å². The topological polar surface area (TPSA) is 147 Å². The van der Waals surface area contributed by atoms with Gasteiger partial charge in [0.05, 0.1) is 5.56 Å². The SMILES string of the molecule is NC(=O)c1ccc(C(=O)O)c([C@H]2CCC[C@@](O)(C#Cc3cccc(Cl)c3)C2)c1.N[C@H]1CCC[C@@](O)(C#Cc2cccc(Cl)c2)C1. The molecule has 2 saturated carbocycles. The van der Waals surface area contributed by atoms with Crippen molar-refractivity contribution >= 4 is 35.1 Å². The first kappa shape index (κ1) is 34.1. The number of halogens is 2. The summed E-state index contributed by atoms with van der Waals surface area (Å²) >= 11 is 11.8. The lowest BCUT2D eigenvalue weighted by Gasteiger charge is -2.34. The van der Waals surface area contributed by atoms with Crippen LogP contribution in [0.2, 0.25) is 10.0 Å². The van der Waals surface area contributed by atoms with E-state index in [1.165, 1.54) is 18.2 Å². The third-order valence-corrected chi connectivity index (χ3v) is 8.50. The van der Waals surface area contributed by atoms with Crippen molar-refractivity contribution in [1.29, 1.82) is 0 Å².